The molecule has 1 N–H and O–H groups in total. The van der Waals surface area contributed by atoms with E-state index in [9.17, 15) is 0 Å². The largest absolute Gasteiger partial charge is 0.364 e. The van der Waals surface area contributed by atoms with Crippen LogP contribution in [-0.4, -0.2) is 15.0 Å². The Morgan fingerprint density at radius 3 is 2.94 bits per heavy atom. The first-order valence-electron chi connectivity index (χ1n) is 5.66. The molecular weight excluding hydrogens is 244 g/mol. The summed E-state index contributed by atoms with van der Waals surface area (Å²) in [5.41, 5.74) is 1.84. The van der Waals surface area contributed by atoms with Gasteiger partial charge in [-0.25, -0.2) is 4.98 Å². The third kappa shape index (κ3) is 2.17. The molecule has 90 valence electrons. The summed E-state index contributed by atoms with van der Waals surface area (Å²) >= 11 is 1.72. The van der Waals surface area contributed by atoms with Crippen molar-refractivity contribution in [2.75, 3.05) is 5.32 Å². The summed E-state index contributed by atoms with van der Waals surface area (Å²) in [6.07, 6.45) is 5.38. The molecule has 3 aromatic rings. The summed E-state index contributed by atoms with van der Waals surface area (Å²) in [5.74, 6) is 0.899. The van der Waals surface area contributed by atoms with Gasteiger partial charge in [-0.2, -0.15) is 0 Å². The summed E-state index contributed by atoms with van der Waals surface area (Å²) < 4.78 is 1.24. The lowest BCUT2D eigenvalue weighted by atomic mass is 10.3. The molecule has 0 radical (unpaired) electrons. The van der Waals surface area contributed by atoms with Crippen LogP contribution in [-0.2, 0) is 6.54 Å². The molecule has 0 saturated heterocycles. The van der Waals surface area contributed by atoms with Gasteiger partial charge >= 0.3 is 0 Å². The van der Waals surface area contributed by atoms with Crippen molar-refractivity contribution in [1.82, 2.24) is 15.0 Å². The molecule has 4 nitrogen and oxygen atoms in total. The summed E-state index contributed by atoms with van der Waals surface area (Å²) in [4.78, 5) is 12.9. The second-order valence-electron chi connectivity index (χ2n) is 3.99. The fraction of sp³-hybridized carbons (Fsp3) is 0.154. The van der Waals surface area contributed by atoms with Crippen molar-refractivity contribution in [1.29, 1.82) is 0 Å². The quantitative estimate of drug-likeness (QED) is 0.782. The van der Waals surface area contributed by atoms with Crippen LogP contribution in [0.2, 0.25) is 0 Å². The summed E-state index contributed by atoms with van der Waals surface area (Å²) in [7, 11) is 0. The van der Waals surface area contributed by atoms with Crippen molar-refractivity contribution in [3.63, 3.8) is 0 Å². The van der Waals surface area contributed by atoms with E-state index >= 15 is 0 Å². The number of hydrogen-bond acceptors (Lipinski definition) is 5. The van der Waals surface area contributed by atoms with Gasteiger partial charge in [0.25, 0.3) is 0 Å². The molecule has 0 amide bonds. The van der Waals surface area contributed by atoms with Crippen LogP contribution >= 0.6 is 11.3 Å². The molecule has 18 heavy (non-hydrogen) atoms. The van der Waals surface area contributed by atoms with Gasteiger partial charge < -0.3 is 5.32 Å². The van der Waals surface area contributed by atoms with E-state index in [2.05, 4.69) is 31.7 Å². The second-order valence-corrected chi connectivity index (χ2v) is 4.94. The molecule has 0 fully saturated rings. The Morgan fingerprint density at radius 1 is 1.17 bits per heavy atom. The first-order chi connectivity index (χ1) is 8.83. The minimum Gasteiger partial charge on any atom is -0.364 e. The molecule has 5 heteroatoms. The second kappa shape index (κ2) is 4.70. The lowest BCUT2D eigenvalue weighted by molar-refractivity contribution is 0.979. The van der Waals surface area contributed by atoms with Crippen molar-refractivity contribution in [3.05, 3.63) is 47.5 Å². The monoisotopic (exact) mass is 256 g/mol. The number of pyridine rings is 1. The molecule has 0 atom stereocenters. The van der Waals surface area contributed by atoms with Crippen LogP contribution in [0, 0.1) is 6.92 Å². The topological polar surface area (TPSA) is 50.7 Å². The van der Waals surface area contributed by atoms with Gasteiger partial charge in [-0.1, -0.05) is 0 Å². The van der Waals surface area contributed by atoms with Gasteiger partial charge in [0.05, 0.1) is 24.1 Å². The molecule has 0 aromatic carbocycles. The van der Waals surface area contributed by atoms with Crippen LogP contribution in [0.5, 0.6) is 0 Å². The van der Waals surface area contributed by atoms with Crippen molar-refractivity contribution in [3.8, 4) is 0 Å². The van der Waals surface area contributed by atoms with Crippen LogP contribution in [0.3, 0.4) is 0 Å². The maximum atomic E-state index is 4.36. The number of rotatable bonds is 3. The number of aryl methyl sites for hydroxylation is 1. The van der Waals surface area contributed by atoms with E-state index in [1.807, 2.05) is 19.2 Å². The number of nitrogens with one attached hydrogen (secondary N) is 1. The molecular formula is C13H12N4S. The predicted octanol–water partition coefficient (Wildman–Crippen LogP) is 3.01. The highest BCUT2D eigenvalue weighted by molar-refractivity contribution is 7.17. The zero-order valence-corrected chi connectivity index (χ0v) is 10.7. The Kier molecular flexibility index (Phi) is 2.90. The average molecular weight is 256 g/mol. The first-order valence-corrected chi connectivity index (χ1v) is 6.54. The van der Waals surface area contributed by atoms with E-state index in [1.54, 1.807) is 23.7 Å². The Morgan fingerprint density at radius 2 is 2.11 bits per heavy atom. The minimum absolute atomic E-state index is 0.634. The Balaban J connectivity index is 1.80. The summed E-state index contributed by atoms with van der Waals surface area (Å²) in [6.45, 7) is 2.56. The third-order valence-corrected chi connectivity index (χ3v) is 3.53. The van der Waals surface area contributed by atoms with Gasteiger partial charge in [0.15, 0.2) is 0 Å². The maximum Gasteiger partial charge on any atom is 0.134 e. The molecule has 0 bridgehead atoms. The van der Waals surface area contributed by atoms with E-state index in [1.165, 1.54) is 4.70 Å². The number of fused-ring (bicyclic) bond motifs is 1. The minimum atomic E-state index is 0.634. The van der Waals surface area contributed by atoms with Gasteiger partial charge in [0, 0.05) is 22.5 Å². The Labute approximate surface area is 109 Å². The van der Waals surface area contributed by atoms with Gasteiger partial charge in [0.1, 0.15) is 5.82 Å². The van der Waals surface area contributed by atoms with Crippen molar-refractivity contribution in [2.45, 2.75) is 13.5 Å². The maximum absolute atomic E-state index is 4.36. The molecule has 0 aliphatic carbocycles. The van der Waals surface area contributed by atoms with E-state index in [-0.39, 0.29) is 0 Å². The molecule has 0 aliphatic rings. The number of hydrogen-bond donors (Lipinski definition) is 1. The highest BCUT2D eigenvalue weighted by Gasteiger charge is 2.03. The zero-order valence-electron chi connectivity index (χ0n) is 9.92. The normalized spacial score (nSPS) is 10.7. The van der Waals surface area contributed by atoms with E-state index in [4.69, 9.17) is 0 Å². The molecule has 0 spiro atoms. The lowest BCUT2D eigenvalue weighted by Gasteiger charge is -2.06. The van der Waals surface area contributed by atoms with E-state index in [0.717, 1.165) is 22.6 Å². The van der Waals surface area contributed by atoms with Crippen LogP contribution in [0.15, 0.2) is 36.1 Å². The average Bonchev–Trinajstić information content (AvgIpc) is 2.87. The molecule has 0 unspecified atom stereocenters. The predicted molar refractivity (Wildman–Crippen MR) is 73.7 cm³/mol. The van der Waals surface area contributed by atoms with Crippen molar-refractivity contribution >= 4 is 27.2 Å². The van der Waals surface area contributed by atoms with Crippen LogP contribution < -0.4 is 5.32 Å². The molecule has 0 aliphatic heterocycles. The van der Waals surface area contributed by atoms with Crippen LogP contribution in [0.25, 0.3) is 10.1 Å². The molecule has 3 rings (SSSR count). The summed E-state index contributed by atoms with van der Waals surface area (Å²) in [6, 6.07) is 4.10. The van der Waals surface area contributed by atoms with E-state index in [0.29, 0.717) is 6.54 Å². The first kappa shape index (κ1) is 11.1. The van der Waals surface area contributed by atoms with Gasteiger partial charge in [-0.3, -0.25) is 9.97 Å². The number of nitrogens with zero attached hydrogens (tertiary/aromatic N) is 3. The molecule has 3 heterocycles. The SMILES string of the molecule is Cc1cnc(CNc2nccc3sccc23)cn1. The summed E-state index contributed by atoms with van der Waals surface area (Å²) in [5, 5.41) is 6.53. The Bertz CT molecular complexity index is 660. The molecule has 0 saturated carbocycles. The smallest absolute Gasteiger partial charge is 0.134 e. The van der Waals surface area contributed by atoms with Gasteiger partial charge in [-0.05, 0) is 24.4 Å². The highest BCUT2D eigenvalue weighted by Crippen LogP contribution is 2.25. The highest BCUT2D eigenvalue weighted by atomic mass is 32.1. The number of anilines is 1. The number of aromatic nitrogens is 3. The third-order valence-electron chi connectivity index (χ3n) is 2.65. The van der Waals surface area contributed by atoms with Crippen molar-refractivity contribution < 1.29 is 0 Å². The van der Waals surface area contributed by atoms with Crippen LogP contribution in [0.4, 0.5) is 5.82 Å². The van der Waals surface area contributed by atoms with Crippen molar-refractivity contribution in [2.24, 2.45) is 0 Å². The fourth-order valence-electron chi connectivity index (χ4n) is 1.72. The lowest BCUT2D eigenvalue weighted by Crippen LogP contribution is -2.04. The Hall–Kier alpha value is -2.01. The fourth-order valence-corrected chi connectivity index (χ4v) is 2.50. The van der Waals surface area contributed by atoms with Crippen LogP contribution in [0.1, 0.15) is 11.4 Å². The standard InChI is InChI=1S/C13H12N4S/c1-9-6-16-10(7-15-9)8-17-13-11-3-5-18-12(11)2-4-14-13/h2-7H,8H2,1H3,(H,14,17). The van der Waals surface area contributed by atoms with Gasteiger partial charge in [0.2, 0.25) is 0 Å². The zero-order chi connectivity index (χ0) is 12.4. The van der Waals surface area contributed by atoms with Gasteiger partial charge in [-0.15, -0.1) is 11.3 Å². The number of thiophene rings is 1. The van der Waals surface area contributed by atoms with E-state index < -0.39 is 0 Å². The molecule has 3 aromatic heterocycles.